The molecule has 3 nitrogen and oxygen atoms in total. The van der Waals surface area contributed by atoms with Gasteiger partial charge < -0.3 is 13.9 Å². The van der Waals surface area contributed by atoms with Gasteiger partial charge in [0.25, 0.3) is 0 Å². The molecule has 1 atom stereocenters. The van der Waals surface area contributed by atoms with Crippen LogP contribution in [0.25, 0.3) is 0 Å². The molecule has 0 amide bonds. The number of ether oxygens (including phenoxy) is 2. The molecule has 0 saturated heterocycles. The van der Waals surface area contributed by atoms with E-state index in [9.17, 15) is 0 Å². The summed E-state index contributed by atoms with van der Waals surface area (Å²) in [5.74, 6) is 0.854. The monoisotopic (exact) mass is 399 g/mol. The molecule has 0 aliphatic rings. The summed E-state index contributed by atoms with van der Waals surface area (Å²) in [7, 11) is -0.805. The number of benzene rings is 2. The molecule has 1 unspecified atom stereocenters. The van der Waals surface area contributed by atoms with Gasteiger partial charge in [-0.3, -0.25) is 0 Å². The summed E-state index contributed by atoms with van der Waals surface area (Å²) in [6.45, 7) is 16.2. The van der Waals surface area contributed by atoms with Gasteiger partial charge >= 0.3 is 0 Å². The fourth-order valence-electron chi connectivity index (χ4n) is 2.90. The van der Waals surface area contributed by atoms with Crippen molar-refractivity contribution in [3.8, 4) is 5.75 Å². The maximum absolute atomic E-state index is 6.31. The molecule has 153 valence electrons. The van der Waals surface area contributed by atoms with E-state index >= 15 is 0 Å². The lowest BCUT2D eigenvalue weighted by atomic mass is 9.85. The van der Waals surface area contributed by atoms with Gasteiger partial charge in [-0.25, -0.2) is 0 Å². The van der Waals surface area contributed by atoms with E-state index < -0.39 is 9.04 Å². The summed E-state index contributed by atoms with van der Waals surface area (Å²) in [5.41, 5.74) is 1.98. The molecule has 0 saturated carbocycles. The first-order chi connectivity index (χ1) is 13.1. The molecule has 0 heterocycles. The maximum Gasteiger partial charge on any atom is 0.205 e. The minimum atomic E-state index is -0.805. The highest BCUT2D eigenvalue weighted by Gasteiger charge is 2.28. The highest BCUT2D eigenvalue weighted by atomic mass is 28.3. The Morgan fingerprint density at radius 2 is 1.57 bits per heavy atom. The van der Waals surface area contributed by atoms with Crippen molar-refractivity contribution >= 4 is 9.04 Å². The molecule has 0 aliphatic carbocycles. The molecule has 0 aliphatic heterocycles. The van der Waals surface area contributed by atoms with Crippen molar-refractivity contribution < 1.29 is 13.9 Å². The Hall–Kier alpha value is -1.62. The van der Waals surface area contributed by atoms with Crippen LogP contribution in [0.2, 0.25) is 13.1 Å². The molecule has 2 rings (SSSR count). The van der Waals surface area contributed by atoms with Crippen LogP contribution in [0.4, 0.5) is 0 Å². The third-order valence-corrected chi connectivity index (χ3v) is 5.07. The standard InChI is InChI=1S/C24H35O3Si/c1-23(2,3)22(27-28(6)7)20-14-11-15-21(16-20)25-18-24(4,5)26-17-19-12-9-8-10-13-19/h8-16,22H,17-18H2,1-7H3. The Balaban J connectivity index is 2.01. The van der Waals surface area contributed by atoms with Gasteiger partial charge in [0.15, 0.2) is 0 Å². The molecule has 2 aromatic carbocycles. The molecule has 0 spiro atoms. The van der Waals surface area contributed by atoms with Crippen molar-refractivity contribution in [2.45, 2.75) is 66.0 Å². The van der Waals surface area contributed by atoms with E-state index in [0.717, 1.165) is 5.75 Å². The van der Waals surface area contributed by atoms with Crippen molar-refractivity contribution in [2.24, 2.45) is 5.41 Å². The van der Waals surface area contributed by atoms with E-state index in [-0.39, 0.29) is 17.1 Å². The predicted octanol–water partition coefficient (Wildman–Crippen LogP) is 6.42. The molecule has 1 radical (unpaired) electrons. The third-order valence-electron chi connectivity index (χ3n) is 4.36. The largest absolute Gasteiger partial charge is 0.491 e. The van der Waals surface area contributed by atoms with Crippen LogP contribution < -0.4 is 4.74 Å². The lowest BCUT2D eigenvalue weighted by Gasteiger charge is -2.33. The van der Waals surface area contributed by atoms with Gasteiger partial charge in [-0.2, -0.15) is 0 Å². The molecule has 0 fully saturated rings. The van der Waals surface area contributed by atoms with Gasteiger partial charge in [0.05, 0.1) is 18.3 Å². The number of rotatable bonds is 9. The van der Waals surface area contributed by atoms with Gasteiger partial charge in [-0.15, -0.1) is 0 Å². The highest BCUT2D eigenvalue weighted by Crippen LogP contribution is 2.37. The van der Waals surface area contributed by atoms with Crippen LogP contribution in [0.1, 0.15) is 51.8 Å². The quantitative estimate of drug-likeness (QED) is 0.456. The first kappa shape index (κ1) is 22.7. The van der Waals surface area contributed by atoms with E-state index in [1.807, 2.05) is 30.3 Å². The molecule has 0 aromatic heterocycles. The Bertz CT molecular complexity index is 720. The van der Waals surface area contributed by atoms with Gasteiger partial charge in [-0.05, 0) is 55.6 Å². The van der Waals surface area contributed by atoms with E-state index in [0.29, 0.717) is 13.2 Å². The molecular weight excluding hydrogens is 364 g/mol. The molecule has 4 heteroatoms. The van der Waals surface area contributed by atoms with Crippen LogP contribution in [-0.4, -0.2) is 21.2 Å². The summed E-state index contributed by atoms with van der Waals surface area (Å²) in [6, 6.07) is 18.5. The van der Waals surface area contributed by atoms with E-state index in [1.54, 1.807) is 0 Å². The van der Waals surface area contributed by atoms with Crippen LogP contribution >= 0.6 is 0 Å². The van der Waals surface area contributed by atoms with Gasteiger partial charge in [-0.1, -0.05) is 63.2 Å². The van der Waals surface area contributed by atoms with Crippen molar-refractivity contribution in [1.82, 2.24) is 0 Å². The molecule has 0 N–H and O–H groups in total. The minimum absolute atomic E-state index is 0.0264. The Morgan fingerprint density at radius 1 is 0.893 bits per heavy atom. The van der Waals surface area contributed by atoms with Crippen LogP contribution in [0.5, 0.6) is 5.75 Å². The second-order valence-electron chi connectivity index (χ2n) is 9.17. The van der Waals surface area contributed by atoms with Crippen molar-refractivity contribution in [1.29, 1.82) is 0 Å². The molecular formula is C24H35O3Si. The third kappa shape index (κ3) is 7.42. The zero-order chi connectivity index (χ0) is 20.8. The second-order valence-corrected chi connectivity index (χ2v) is 11.2. The van der Waals surface area contributed by atoms with Crippen molar-refractivity contribution in [3.63, 3.8) is 0 Å². The summed E-state index contributed by atoms with van der Waals surface area (Å²) >= 11 is 0. The summed E-state index contributed by atoms with van der Waals surface area (Å²) < 4.78 is 18.5. The summed E-state index contributed by atoms with van der Waals surface area (Å²) in [4.78, 5) is 0. The van der Waals surface area contributed by atoms with Crippen LogP contribution in [-0.2, 0) is 15.8 Å². The zero-order valence-electron chi connectivity index (χ0n) is 18.4. The van der Waals surface area contributed by atoms with Crippen LogP contribution in [0.3, 0.4) is 0 Å². The lowest BCUT2D eigenvalue weighted by Crippen LogP contribution is -2.32. The highest BCUT2D eigenvalue weighted by molar-refractivity contribution is 6.48. The normalized spacial score (nSPS) is 13.6. The Labute approximate surface area is 172 Å². The fourth-order valence-corrected chi connectivity index (χ4v) is 3.86. The lowest BCUT2D eigenvalue weighted by molar-refractivity contribution is -0.0570. The molecule has 2 aromatic rings. The Kier molecular flexibility index (Phi) is 7.87. The summed E-state index contributed by atoms with van der Waals surface area (Å²) in [5, 5.41) is 0. The number of hydrogen-bond donors (Lipinski definition) is 0. The van der Waals surface area contributed by atoms with Gasteiger partial charge in [0.2, 0.25) is 9.04 Å². The maximum atomic E-state index is 6.31. The predicted molar refractivity (Wildman–Crippen MR) is 118 cm³/mol. The second kappa shape index (κ2) is 9.73. The average Bonchev–Trinajstić information content (AvgIpc) is 2.63. The number of hydrogen-bond acceptors (Lipinski definition) is 3. The van der Waals surface area contributed by atoms with E-state index in [1.165, 1.54) is 11.1 Å². The average molecular weight is 400 g/mol. The van der Waals surface area contributed by atoms with E-state index in [4.69, 9.17) is 13.9 Å². The first-order valence-corrected chi connectivity index (χ1v) is 12.4. The van der Waals surface area contributed by atoms with Crippen LogP contribution in [0, 0.1) is 5.41 Å². The topological polar surface area (TPSA) is 27.7 Å². The van der Waals surface area contributed by atoms with Gasteiger partial charge in [0.1, 0.15) is 12.4 Å². The van der Waals surface area contributed by atoms with Crippen molar-refractivity contribution in [3.05, 3.63) is 65.7 Å². The molecule has 0 bridgehead atoms. The van der Waals surface area contributed by atoms with Gasteiger partial charge in [0, 0.05) is 0 Å². The minimum Gasteiger partial charge on any atom is -0.491 e. The first-order valence-electron chi connectivity index (χ1n) is 9.94. The van der Waals surface area contributed by atoms with Crippen molar-refractivity contribution in [2.75, 3.05) is 6.61 Å². The van der Waals surface area contributed by atoms with Crippen LogP contribution in [0.15, 0.2) is 54.6 Å². The summed E-state index contributed by atoms with van der Waals surface area (Å²) in [6.07, 6.45) is 0.0577. The smallest absolute Gasteiger partial charge is 0.205 e. The molecule has 28 heavy (non-hydrogen) atoms. The zero-order valence-corrected chi connectivity index (χ0v) is 19.4. The van der Waals surface area contributed by atoms with E-state index in [2.05, 4.69) is 72.0 Å². The Morgan fingerprint density at radius 3 is 2.18 bits per heavy atom. The SMILES string of the molecule is C[Si](C)OC(c1cccc(OCC(C)(C)OCc2ccccc2)c1)C(C)(C)C. The fraction of sp³-hybridized carbons (Fsp3) is 0.500.